The third-order valence-corrected chi connectivity index (χ3v) is 6.64. The predicted molar refractivity (Wildman–Crippen MR) is 82.8 cm³/mol. The topological polar surface area (TPSA) is 59.0 Å². The number of carbonyl (C=O) groups excluding carboxylic acids is 1. The highest BCUT2D eigenvalue weighted by Gasteiger charge is 2.67. The molecule has 2 aliphatic heterocycles. The molecule has 1 saturated carbocycles. The van der Waals surface area contributed by atoms with Gasteiger partial charge in [0.25, 0.3) is 0 Å². The van der Waals surface area contributed by atoms with Crippen LogP contribution in [-0.4, -0.2) is 48.6 Å². The van der Waals surface area contributed by atoms with Crippen LogP contribution in [0.3, 0.4) is 0 Å². The Bertz CT molecular complexity index is 717. The van der Waals surface area contributed by atoms with Gasteiger partial charge in [0.2, 0.25) is 0 Å². The molecule has 0 aromatic heterocycles. The fraction of sp³-hybridized carbons (Fsp3) is 0.611. The van der Waals surface area contributed by atoms with Crippen molar-refractivity contribution in [1.82, 2.24) is 4.90 Å². The highest BCUT2D eigenvalue weighted by molar-refractivity contribution is 5.89. The first-order chi connectivity index (χ1) is 11.1. The summed E-state index contributed by atoms with van der Waals surface area (Å²) in [4.78, 5) is 14.9. The van der Waals surface area contributed by atoms with Crippen molar-refractivity contribution in [1.29, 1.82) is 0 Å². The second kappa shape index (κ2) is 4.28. The first-order valence-electron chi connectivity index (χ1n) is 8.38. The Morgan fingerprint density at radius 2 is 2.26 bits per heavy atom. The van der Waals surface area contributed by atoms with Gasteiger partial charge in [-0.3, -0.25) is 4.79 Å². The number of piperidine rings is 1. The number of methoxy groups -OCH3 is 1. The van der Waals surface area contributed by atoms with Crippen molar-refractivity contribution < 1.29 is 19.4 Å². The lowest BCUT2D eigenvalue weighted by Gasteiger charge is -2.58. The Morgan fingerprint density at radius 1 is 1.43 bits per heavy atom. The van der Waals surface area contributed by atoms with Crippen molar-refractivity contribution in [3.63, 3.8) is 0 Å². The Morgan fingerprint density at radius 3 is 3.04 bits per heavy atom. The first kappa shape index (κ1) is 13.8. The summed E-state index contributed by atoms with van der Waals surface area (Å²) in [5, 5.41) is 11.0. The molecule has 1 saturated heterocycles. The zero-order valence-corrected chi connectivity index (χ0v) is 13.4. The second-order valence-electron chi connectivity index (χ2n) is 7.38. The minimum atomic E-state index is -0.534. The maximum Gasteiger partial charge on any atom is 0.174 e. The highest BCUT2D eigenvalue weighted by Crippen LogP contribution is 2.64. The molecule has 2 fully saturated rings. The Labute approximate surface area is 135 Å². The van der Waals surface area contributed by atoms with Gasteiger partial charge in [-0.05, 0) is 44.0 Å². The maximum atomic E-state index is 12.6. The van der Waals surface area contributed by atoms with Crippen molar-refractivity contribution >= 4 is 5.78 Å². The molecular weight excluding hydrogens is 294 g/mol. The number of benzene rings is 1. The zero-order valence-electron chi connectivity index (χ0n) is 13.4. The second-order valence-corrected chi connectivity index (χ2v) is 7.38. The molecule has 0 radical (unpaired) electrons. The molecule has 1 aromatic rings. The van der Waals surface area contributed by atoms with Gasteiger partial charge in [0.1, 0.15) is 0 Å². The van der Waals surface area contributed by atoms with Crippen molar-refractivity contribution in [2.75, 3.05) is 20.7 Å². The van der Waals surface area contributed by atoms with Crippen molar-refractivity contribution in [2.45, 2.75) is 42.9 Å². The first-order valence-corrected chi connectivity index (χ1v) is 8.38. The molecule has 5 nitrogen and oxygen atoms in total. The molecule has 5 heteroatoms. The van der Waals surface area contributed by atoms with Crippen LogP contribution in [0, 0.1) is 5.92 Å². The lowest BCUT2D eigenvalue weighted by molar-refractivity contribution is -0.143. The third kappa shape index (κ3) is 1.40. The molecule has 0 amide bonds. The number of hydrogen-bond acceptors (Lipinski definition) is 5. The summed E-state index contributed by atoms with van der Waals surface area (Å²) in [6.45, 7) is 0.876. The number of ketones is 1. The number of rotatable bonds is 1. The number of carbonyl (C=O) groups is 1. The van der Waals surface area contributed by atoms with Gasteiger partial charge in [0.05, 0.1) is 13.2 Å². The normalized spacial score (nSPS) is 40.6. The van der Waals surface area contributed by atoms with Crippen LogP contribution in [0.2, 0.25) is 0 Å². The van der Waals surface area contributed by atoms with Crippen molar-refractivity contribution in [3.05, 3.63) is 23.3 Å². The monoisotopic (exact) mass is 315 g/mol. The molecule has 5 atom stereocenters. The van der Waals surface area contributed by atoms with Crippen LogP contribution >= 0.6 is 0 Å². The standard InChI is InChI=1S/C18H21NO4/c1-19-8-7-18-10-4-5-11(20)17(18)23-16-12(22-2)6-3-9(13(16)18)15(21)14(10)19/h3,6,10,14-15,17,21H,4-5,7-8H2,1-2H3/t10-,14-,15?,17-,18-/m0/s1. The number of aliphatic hydroxyl groups is 1. The van der Waals surface area contributed by atoms with Crippen molar-refractivity contribution in [3.8, 4) is 11.5 Å². The summed E-state index contributed by atoms with van der Waals surface area (Å²) in [5.74, 6) is 1.82. The molecule has 1 unspecified atom stereocenters. The Balaban J connectivity index is 1.84. The van der Waals surface area contributed by atoms with Gasteiger partial charge in [0.15, 0.2) is 23.4 Å². The average molecular weight is 315 g/mol. The van der Waals surface area contributed by atoms with Crippen LogP contribution in [0.1, 0.15) is 36.5 Å². The lowest BCUT2D eigenvalue weighted by Crippen LogP contribution is -2.66. The number of aliphatic hydroxyl groups excluding tert-OH is 1. The van der Waals surface area contributed by atoms with Gasteiger partial charge < -0.3 is 19.5 Å². The number of ether oxygens (including phenoxy) is 2. The van der Waals surface area contributed by atoms with E-state index in [4.69, 9.17) is 9.47 Å². The number of likely N-dealkylation sites (tertiary alicyclic amines) is 1. The van der Waals surface area contributed by atoms with Crippen LogP contribution in [0.25, 0.3) is 0 Å². The molecule has 5 rings (SSSR count). The number of nitrogens with zero attached hydrogens (tertiary/aromatic N) is 1. The van der Waals surface area contributed by atoms with E-state index in [0.29, 0.717) is 17.9 Å². The molecule has 2 aliphatic carbocycles. The SMILES string of the molecule is COc1ccc2c3c1O[C@H]1C(=O)CC[C@H]4[C@@H](C2O)N(C)CC[C@]314. The summed E-state index contributed by atoms with van der Waals surface area (Å²) < 4.78 is 11.7. The molecule has 122 valence electrons. The molecular formula is C18H21NO4. The predicted octanol–water partition coefficient (Wildman–Crippen LogP) is 1.42. The van der Waals surface area contributed by atoms with E-state index in [1.54, 1.807) is 7.11 Å². The van der Waals surface area contributed by atoms with E-state index in [9.17, 15) is 9.90 Å². The van der Waals surface area contributed by atoms with Crippen LogP contribution in [0.5, 0.6) is 11.5 Å². The van der Waals surface area contributed by atoms with E-state index < -0.39 is 12.2 Å². The molecule has 1 N–H and O–H groups in total. The van der Waals surface area contributed by atoms with Crippen LogP contribution in [0.15, 0.2) is 12.1 Å². The van der Waals surface area contributed by atoms with Gasteiger partial charge in [-0.25, -0.2) is 0 Å². The summed E-state index contributed by atoms with van der Waals surface area (Å²) in [7, 11) is 3.70. The zero-order chi connectivity index (χ0) is 15.9. The molecule has 4 aliphatic rings. The molecule has 1 spiro atoms. The summed E-state index contributed by atoms with van der Waals surface area (Å²) in [5.41, 5.74) is 1.70. The maximum absolute atomic E-state index is 12.6. The molecule has 2 heterocycles. The van der Waals surface area contributed by atoms with E-state index in [-0.39, 0.29) is 23.2 Å². The quantitative estimate of drug-likeness (QED) is 0.849. The number of likely N-dealkylation sites (N-methyl/N-ethyl adjacent to an activating group) is 1. The summed E-state index contributed by atoms with van der Waals surface area (Å²) >= 11 is 0. The average Bonchev–Trinajstić information content (AvgIpc) is 2.90. The minimum absolute atomic E-state index is 0.0646. The van der Waals surface area contributed by atoms with Gasteiger partial charge in [0, 0.05) is 23.4 Å². The van der Waals surface area contributed by atoms with Gasteiger partial charge in [-0.2, -0.15) is 0 Å². The van der Waals surface area contributed by atoms with Gasteiger partial charge >= 0.3 is 0 Å². The van der Waals surface area contributed by atoms with Crippen molar-refractivity contribution in [2.24, 2.45) is 5.92 Å². The molecule has 2 bridgehead atoms. The van der Waals surface area contributed by atoms with E-state index in [0.717, 1.165) is 30.5 Å². The lowest BCUT2D eigenvalue weighted by atomic mass is 9.51. The van der Waals surface area contributed by atoms with Crippen LogP contribution in [0.4, 0.5) is 0 Å². The van der Waals surface area contributed by atoms with Crippen LogP contribution < -0.4 is 9.47 Å². The van der Waals surface area contributed by atoms with Gasteiger partial charge in [-0.15, -0.1) is 0 Å². The van der Waals surface area contributed by atoms with E-state index in [2.05, 4.69) is 11.9 Å². The van der Waals surface area contributed by atoms with Gasteiger partial charge in [-0.1, -0.05) is 6.07 Å². The van der Waals surface area contributed by atoms with Crippen LogP contribution in [-0.2, 0) is 10.2 Å². The summed E-state index contributed by atoms with van der Waals surface area (Å²) in [6, 6.07) is 3.87. The largest absolute Gasteiger partial charge is 0.493 e. The molecule has 23 heavy (non-hydrogen) atoms. The van der Waals surface area contributed by atoms with E-state index in [1.165, 1.54) is 0 Å². The number of Topliss-reactive ketones (excluding diaryl/α,β-unsaturated/α-hetero) is 1. The smallest absolute Gasteiger partial charge is 0.174 e. The Kier molecular flexibility index (Phi) is 2.57. The highest BCUT2D eigenvalue weighted by atomic mass is 16.5. The van der Waals surface area contributed by atoms with E-state index in [1.807, 2.05) is 12.1 Å². The number of hydrogen-bond donors (Lipinski definition) is 1. The van der Waals surface area contributed by atoms with E-state index >= 15 is 0 Å². The molecule has 1 aromatic carbocycles. The third-order valence-electron chi connectivity index (χ3n) is 6.64. The fourth-order valence-electron chi connectivity index (χ4n) is 5.74. The summed E-state index contributed by atoms with van der Waals surface area (Å²) in [6.07, 6.45) is 1.34. The minimum Gasteiger partial charge on any atom is -0.493 e. The fourth-order valence-corrected chi connectivity index (χ4v) is 5.74. The Hall–Kier alpha value is -1.59.